The molecule has 0 fully saturated rings. The number of hydrogen-bond acceptors (Lipinski definition) is 5. The zero-order valence-electron chi connectivity index (χ0n) is 10.1. The summed E-state index contributed by atoms with van der Waals surface area (Å²) in [7, 11) is 0. The van der Waals surface area contributed by atoms with Crippen LogP contribution in [0.5, 0.6) is 5.75 Å². The van der Waals surface area contributed by atoms with E-state index in [1.807, 2.05) is 13.0 Å². The highest BCUT2D eigenvalue weighted by atomic mass is 16.6. The molecule has 0 radical (unpaired) electrons. The molecule has 6 heteroatoms. The third-order valence-electron chi connectivity index (χ3n) is 2.18. The van der Waals surface area contributed by atoms with Crippen LogP contribution in [-0.2, 0) is 4.74 Å². The fourth-order valence-electron chi connectivity index (χ4n) is 1.34. The number of ether oxygens (including phenoxy) is 2. The van der Waals surface area contributed by atoms with Crippen molar-refractivity contribution in [2.24, 2.45) is 0 Å². The summed E-state index contributed by atoms with van der Waals surface area (Å²) in [6.45, 7) is 3.43. The summed E-state index contributed by atoms with van der Waals surface area (Å²) in [4.78, 5) is 10.3. The Kier molecular flexibility index (Phi) is 5.61. The van der Waals surface area contributed by atoms with Gasteiger partial charge in [-0.2, -0.15) is 5.26 Å². The predicted molar refractivity (Wildman–Crippen MR) is 64.4 cm³/mol. The molecule has 1 aromatic carbocycles. The van der Waals surface area contributed by atoms with E-state index in [1.165, 1.54) is 18.2 Å². The molecule has 0 unspecified atom stereocenters. The van der Waals surface area contributed by atoms with Crippen LogP contribution in [0, 0.1) is 21.4 Å². The lowest BCUT2D eigenvalue weighted by Gasteiger charge is -2.06. The molecule has 1 aromatic rings. The lowest BCUT2D eigenvalue weighted by atomic mass is 10.2. The van der Waals surface area contributed by atoms with E-state index < -0.39 is 4.92 Å². The highest BCUT2D eigenvalue weighted by molar-refractivity contribution is 5.51. The van der Waals surface area contributed by atoms with Crippen molar-refractivity contribution in [1.29, 1.82) is 5.26 Å². The summed E-state index contributed by atoms with van der Waals surface area (Å²) in [5.74, 6) is 0.176. The number of nitrogens with zero attached hydrogens (tertiary/aromatic N) is 2. The number of nitro groups is 1. The molecule has 0 saturated heterocycles. The van der Waals surface area contributed by atoms with E-state index in [9.17, 15) is 10.1 Å². The second-order valence-electron chi connectivity index (χ2n) is 3.45. The number of nitro benzene ring substituents is 1. The predicted octanol–water partition coefficient (Wildman–Crippen LogP) is 2.27. The summed E-state index contributed by atoms with van der Waals surface area (Å²) < 4.78 is 10.4. The Morgan fingerprint density at radius 2 is 2.22 bits per heavy atom. The maximum Gasteiger partial charge on any atom is 0.312 e. The van der Waals surface area contributed by atoms with E-state index in [4.69, 9.17) is 14.7 Å². The van der Waals surface area contributed by atoms with Gasteiger partial charge in [0.2, 0.25) is 0 Å². The van der Waals surface area contributed by atoms with Gasteiger partial charge >= 0.3 is 5.69 Å². The minimum absolute atomic E-state index is 0.176. The first-order valence-corrected chi connectivity index (χ1v) is 5.58. The molecule has 1 rings (SSSR count). The quantitative estimate of drug-likeness (QED) is 0.421. The molecule has 0 heterocycles. The Bertz CT molecular complexity index is 454. The van der Waals surface area contributed by atoms with Crippen molar-refractivity contribution in [3.8, 4) is 11.8 Å². The Morgan fingerprint density at radius 1 is 1.44 bits per heavy atom. The van der Waals surface area contributed by atoms with Gasteiger partial charge in [0.05, 0.1) is 23.2 Å². The van der Waals surface area contributed by atoms with Crippen molar-refractivity contribution in [3.63, 3.8) is 0 Å². The maximum atomic E-state index is 10.8. The van der Waals surface area contributed by atoms with Gasteiger partial charge in [0.1, 0.15) is 0 Å². The fourth-order valence-corrected chi connectivity index (χ4v) is 1.34. The number of nitriles is 1. The summed E-state index contributed by atoms with van der Waals surface area (Å²) in [6, 6.07) is 5.99. The van der Waals surface area contributed by atoms with Crippen LogP contribution in [0.1, 0.15) is 18.9 Å². The minimum Gasteiger partial charge on any atom is -0.487 e. The highest BCUT2D eigenvalue weighted by Gasteiger charge is 2.15. The summed E-state index contributed by atoms with van der Waals surface area (Å²) in [5.41, 5.74) is 0.0498. The standard InChI is InChI=1S/C12H14N2O4/c1-2-17-6-3-7-18-12-5-4-10(9-13)8-11(12)14(15)16/h4-5,8H,2-3,6-7H2,1H3. The maximum absolute atomic E-state index is 10.8. The lowest BCUT2D eigenvalue weighted by Crippen LogP contribution is -2.04. The number of rotatable bonds is 7. The van der Waals surface area contributed by atoms with Crippen molar-refractivity contribution in [3.05, 3.63) is 33.9 Å². The first-order valence-electron chi connectivity index (χ1n) is 5.58. The van der Waals surface area contributed by atoms with Crippen molar-refractivity contribution >= 4 is 5.69 Å². The molecule has 0 aliphatic rings. The molecule has 0 bridgehead atoms. The average Bonchev–Trinajstić information content (AvgIpc) is 2.38. The van der Waals surface area contributed by atoms with Crippen LogP contribution in [0.3, 0.4) is 0 Å². The summed E-state index contributed by atoms with van der Waals surface area (Å²) in [6.07, 6.45) is 0.658. The lowest BCUT2D eigenvalue weighted by molar-refractivity contribution is -0.385. The van der Waals surface area contributed by atoms with Crippen LogP contribution in [-0.4, -0.2) is 24.7 Å². The Hall–Kier alpha value is -2.13. The Labute approximate surface area is 105 Å². The van der Waals surface area contributed by atoms with Crippen molar-refractivity contribution in [1.82, 2.24) is 0 Å². The average molecular weight is 250 g/mol. The number of hydrogen-bond donors (Lipinski definition) is 0. The summed E-state index contributed by atoms with van der Waals surface area (Å²) >= 11 is 0. The van der Waals surface area contributed by atoms with Gasteiger partial charge in [-0.1, -0.05) is 0 Å². The van der Waals surface area contributed by atoms with Crippen molar-refractivity contribution in [2.75, 3.05) is 19.8 Å². The number of benzene rings is 1. The fraction of sp³-hybridized carbons (Fsp3) is 0.417. The molecule has 0 aromatic heterocycles. The van der Waals surface area contributed by atoms with Crippen molar-refractivity contribution in [2.45, 2.75) is 13.3 Å². The largest absolute Gasteiger partial charge is 0.487 e. The van der Waals surface area contributed by atoms with Crippen LogP contribution < -0.4 is 4.74 Å². The van der Waals surface area contributed by atoms with Gasteiger partial charge in [-0.15, -0.1) is 0 Å². The van der Waals surface area contributed by atoms with Gasteiger partial charge in [0, 0.05) is 25.7 Å². The molecule has 0 spiro atoms. The molecule has 0 aliphatic carbocycles. The van der Waals surface area contributed by atoms with E-state index in [0.29, 0.717) is 26.2 Å². The topological polar surface area (TPSA) is 85.4 Å². The first kappa shape index (κ1) is 13.9. The van der Waals surface area contributed by atoms with Crippen LogP contribution in [0.15, 0.2) is 18.2 Å². The molecular formula is C12H14N2O4. The van der Waals surface area contributed by atoms with Crippen LogP contribution >= 0.6 is 0 Å². The monoisotopic (exact) mass is 250 g/mol. The second kappa shape index (κ2) is 7.25. The normalized spacial score (nSPS) is 9.78. The molecule has 0 N–H and O–H groups in total. The smallest absolute Gasteiger partial charge is 0.312 e. The zero-order valence-corrected chi connectivity index (χ0v) is 10.1. The van der Waals surface area contributed by atoms with E-state index in [-0.39, 0.29) is 17.0 Å². The molecule has 0 atom stereocenters. The molecule has 6 nitrogen and oxygen atoms in total. The van der Waals surface area contributed by atoms with Gasteiger partial charge in [0.25, 0.3) is 0 Å². The van der Waals surface area contributed by atoms with Gasteiger partial charge < -0.3 is 9.47 Å². The van der Waals surface area contributed by atoms with Gasteiger partial charge in [0.15, 0.2) is 5.75 Å². The van der Waals surface area contributed by atoms with Gasteiger partial charge in [-0.3, -0.25) is 10.1 Å². The van der Waals surface area contributed by atoms with Crippen LogP contribution in [0.25, 0.3) is 0 Å². The summed E-state index contributed by atoms with van der Waals surface area (Å²) in [5, 5.41) is 19.5. The van der Waals surface area contributed by atoms with Crippen LogP contribution in [0.4, 0.5) is 5.69 Å². The van der Waals surface area contributed by atoms with Crippen molar-refractivity contribution < 1.29 is 14.4 Å². The van der Waals surface area contributed by atoms with E-state index in [1.54, 1.807) is 0 Å². The molecule has 0 aliphatic heterocycles. The second-order valence-corrected chi connectivity index (χ2v) is 3.45. The van der Waals surface area contributed by atoms with Crippen LogP contribution in [0.2, 0.25) is 0 Å². The highest BCUT2D eigenvalue weighted by Crippen LogP contribution is 2.27. The first-order chi connectivity index (χ1) is 8.69. The molecule has 0 saturated carbocycles. The molecule has 0 amide bonds. The Morgan fingerprint density at radius 3 is 2.83 bits per heavy atom. The van der Waals surface area contributed by atoms with E-state index in [0.717, 1.165) is 0 Å². The zero-order chi connectivity index (χ0) is 13.4. The third kappa shape index (κ3) is 4.03. The Balaban J connectivity index is 2.65. The molecular weight excluding hydrogens is 236 g/mol. The SMILES string of the molecule is CCOCCCOc1ccc(C#N)cc1[N+](=O)[O-]. The van der Waals surface area contributed by atoms with Gasteiger partial charge in [-0.05, 0) is 19.1 Å². The minimum atomic E-state index is -0.557. The third-order valence-corrected chi connectivity index (χ3v) is 2.18. The molecule has 18 heavy (non-hydrogen) atoms. The van der Waals surface area contributed by atoms with E-state index in [2.05, 4.69) is 0 Å². The van der Waals surface area contributed by atoms with Gasteiger partial charge in [-0.25, -0.2) is 0 Å². The van der Waals surface area contributed by atoms with E-state index >= 15 is 0 Å². The molecule has 96 valence electrons.